The maximum Gasteiger partial charge on any atom is 0.0406 e. The first-order chi connectivity index (χ1) is 8.34. The van der Waals surface area contributed by atoms with Crippen LogP contribution in [0.25, 0.3) is 6.08 Å². The fourth-order valence-corrected chi connectivity index (χ4v) is 1.49. The summed E-state index contributed by atoms with van der Waals surface area (Å²) in [6.45, 7) is 0. The van der Waals surface area contributed by atoms with Crippen LogP contribution >= 0.6 is 11.6 Å². The van der Waals surface area contributed by atoms with Gasteiger partial charge in [0.25, 0.3) is 0 Å². The van der Waals surface area contributed by atoms with Gasteiger partial charge >= 0.3 is 0 Å². The lowest BCUT2D eigenvalue weighted by Crippen LogP contribution is -1.71. The largest absolute Gasteiger partial charge is 0.0843 e. The molecule has 0 N–H and O–H groups in total. The molecule has 2 aromatic carbocycles. The molecule has 82 valence electrons. The van der Waals surface area contributed by atoms with Crippen molar-refractivity contribution in [1.82, 2.24) is 0 Å². The van der Waals surface area contributed by atoms with Crippen LogP contribution in [0, 0.1) is 11.8 Å². The fraction of sp³-hybridized carbons (Fsp3) is 0. The third-order valence-electron chi connectivity index (χ3n) is 2.22. The number of benzene rings is 2. The van der Waals surface area contributed by atoms with E-state index >= 15 is 0 Å². The first-order valence-corrected chi connectivity index (χ1v) is 5.71. The Labute approximate surface area is 107 Å². The molecule has 1 heteroatoms. The van der Waals surface area contributed by atoms with Gasteiger partial charge in [-0.1, -0.05) is 53.8 Å². The van der Waals surface area contributed by atoms with E-state index in [1.165, 1.54) is 0 Å². The fourth-order valence-electron chi connectivity index (χ4n) is 1.36. The van der Waals surface area contributed by atoms with Gasteiger partial charge in [-0.25, -0.2) is 0 Å². The quantitative estimate of drug-likeness (QED) is 0.646. The minimum absolute atomic E-state index is 0.732. The average molecular weight is 239 g/mol. The van der Waals surface area contributed by atoms with Gasteiger partial charge in [-0.2, -0.15) is 0 Å². The van der Waals surface area contributed by atoms with E-state index in [4.69, 9.17) is 11.6 Å². The van der Waals surface area contributed by atoms with Gasteiger partial charge in [0.15, 0.2) is 0 Å². The number of halogens is 1. The van der Waals surface area contributed by atoms with Crippen LogP contribution < -0.4 is 0 Å². The Balaban J connectivity index is 2.04. The highest BCUT2D eigenvalue weighted by molar-refractivity contribution is 6.30. The van der Waals surface area contributed by atoms with Crippen LogP contribution in [-0.2, 0) is 0 Å². The molecule has 0 aliphatic rings. The standard InChI is InChI=1S/C16H11Cl/c17-16-12-10-15(11-13-16)9-5-4-8-14-6-2-1-3-7-14/h1-4,6-8,10-13H/b8-4+. The SMILES string of the molecule is Clc1ccc(C#C/C=C/c2ccccc2)cc1. The Morgan fingerprint density at radius 3 is 2.29 bits per heavy atom. The molecule has 2 rings (SSSR count). The summed E-state index contributed by atoms with van der Waals surface area (Å²) in [5, 5.41) is 0.732. The average Bonchev–Trinajstić information content (AvgIpc) is 2.38. The van der Waals surface area contributed by atoms with Gasteiger partial charge in [-0.3, -0.25) is 0 Å². The van der Waals surface area contributed by atoms with E-state index in [0.29, 0.717) is 0 Å². The van der Waals surface area contributed by atoms with Crippen LogP contribution in [0.2, 0.25) is 5.02 Å². The second-order valence-electron chi connectivity index (χ2n) is 3.52. The van der Waals surface area contributed by atoms with E-state index < -0.39 is 0 Å². The predicted molar refractivity (Wildman–Crippen MR) is 73.8 cm³/mol. The van der Waals surface area contributed by atoms with Gasteiger partial charge < -0.3 is 0 Å². The summed E-state index contributed by atoms with van der Waals surface area (Å²) in [5.74, 6) is 6.04. The summed E-state index contributed by atoms with van der Waals surface area (Å²) in [6, 6.07) is 17.6. The number of allylic oxidation sites excluding steroid dienone is 1. The van der Waals surface area contributed by atoms with Crippen molar-refractivity contribution >= 4 is 17.7 Å². The topological polar surface area (TPSA) is 0 Å². The molecule has 0 saturated heterocycles. The van der Waals surface area contributed by atoms with Crippen molar-refractivity contribution in [3.63, 3.8) is 0 Å². The van der Waals surface area contributed by atoms with Crippen LogP contribution in [0.5, 0.6) is 0 Å². The van der Waals surface area contributed by atoms with Crippen LogP contribution in [0.15, 0.2) is 60.7 Å². The van der Waals surface area contributed by atoms with Crippen molar-refractivity contribution in [2.24, 2.45) is 0 Å². The third kappa shape index (κ3) is 3.83. The summed E-state index contributed by atoms with van der Waals surface area (Å²) in [7, 11) is 0. The molecule has 0 unspecified atom stereocenters. The second-order valence-corrected chi connectivity index (χ2v) is 3.96. The first kappa shape index (κ1) is 11.5. The normalized spacial score (nSPS) is 9.94. The minimum Gasteiger partial charge on any atom is -0.0843 e. The molecule has 0 nitrogen and oxygen atoms in total. The number of rotatable bonds is 1. The summed E-state index contributed by atoms with van der Waals surface area (Å²) < 4.78 is 0. The molecule has 0 aliphatic heterocycles. The van der Waals surface area contributed by atoms with Gasteiger partial charge in [0.05, 0.1) is 0 Å². The molecule has 0 aliphatic carbocycles. The summed E-state index contributed by atoms with van der Waals surface area (Å²) in [6.07, 6.45) is 3.84. The Morgan fingerprint density at radius 2 is 1.59 bits per heavy atom. The molecule has 0 radical (unpaired) electrons. The molecule has 0 amide bonds. The lowest BCUT2D eigenvalue weighted by atomic mass is 10.2. The Hall–Kier alpha value is -1.97. The highest BCUT2D eigenvalue weighted by atomic mass is 35.5. The van der Waals surface area contributed by atoms with E-state index in [-0.39, 0.29) is 0 Å². The maximum absolute atomic E-state index is 5.79. The van der Waals surface area contributed by atoms with Gasteiger partial charge in [0, 0.05) is 10.6 Å². The van der Waals surface area contributed by atoms with Crippen molar-refractivity contribution in [3.8, 4) is 11.8 Å². The van der Waals surface area contributed by atoms with Gasteiger partial charge in [-0.15, -0.1) is 0 Å². The van der Waals surface area contributed by atoms with E-state index in [1.54, 1.807) is 0 Å². The molecule has 0 atom stereocenters. The highest BCUT2D eigenvalue weighted by Crippen LogP contribution is 2.08. The molecule has 0 heterocycles. The second kappa shape index (κ2) is 5.94. The summed E-state index contributed by atoms with van der Waals surface area (Å²) in [5.41, 5.74) is 2.12. The Morgan fingerprint density at radius 1 is 0.882 bits per heavy atom. The summed E-state index contributed by atoms with van der Waals surface area (Å²) in [4.78, 5) is 0. The predicted octanol–water partition coefficient (Wildman–Crippen LogP) is 4.40. The van der Waals surface area contributed by atoms with E-state index in [9.17, 15) is 0 Å². The Bertz CT molecular complexity index is 554. The van der Waals surface area contributed by atoms with Gasteiger partial charge in [-0.05, 0) is 42.0 Å². The van der Waals surface area contributed by atoms with E-state index in [2.05, 4.69) is 11.8 Å². The van der Waals surface area contributed by atoms with Crippen molar-refractivity contribution < 1.29 is 0 Å². The van der Waals surface area contributed by atoms with Crippen LogP contribution in [0.3, 0.4) is 0 Å². The molecule has 0 fully saturated rings. The van der Waals surface area contributed by atoms with Crippen LogP contribution in [-0.4, -0.2) is 0 Å². The number of hydrogen-bond acceptors (Lipinski definition) is 0. The van der Waals surface area contributed by atoms with E-state index in [1.807, 2.05) is 66.7 Å². The van der Waals surface area contributed by atoms with Gasteiger partial charge in [0.1, 0.15) is 0 Å². The highest BCUT2D eigenvalue weighted by Gasteiger charge is 1.86. The lowest BCUT2D eigenvalue weighted by molar-refractivity contribution is 1.65. The van der Waals surface area contributed by atoms with Crippen molar-refractivity contribution in [2.75, 3.05) is 0 Å². The molecular formula is C16H11Cl. The monoisotopic (exact) mass is 238 g/mol. The summed E-state index contributed by atoms with van der Waals surface area (Å²) >= 11 is 5.79. The van der Waals surface area contributed by atoms with Crippen LogP contribution in [0.4, 0.5) is 0 Å². The maximum atomic E-state index is 5.79. The number of hydrogen-bond donors (Lipinski definition) is 0. The molecule has 0 bridgehead atoms. The van der Waals surface area contributed by atoms with E-state index in [0.717, 1.165) is 16.1 Å². The molecular weight excluding hydrogens is 228 g/mol. The first-order valence-electron chi connectivity index (χ1n) is 5.33. The molecule has 2 aromatic rings. The lowest BCUT2D eigenvalue weighted by Gasteiger charge is -1.89. The van der Waals surface area contributed by atoms with Crippen molar-refractivity contribution in [3.05, 3.63) is 76.8 Å². The van der Waals surface area contributed by atoms with Crippen LogP contribution in [0.1, 0.15) is 11.1 Å². The zero-order valence-corrected chi connectivity index (χ0v) is 9.98. The van der Waals surface area contributed by atoms with Gasteiger partial charge in [0.2, 0.25) is 0 Å². The smallest absolute Gasteiger partial charge is 0.0406 e. The van der Waals surface area contributed by atoms with Crippen molar-refractivity contribution in [2.45, 2.75) is 0 Å². The third-order valence-corrected chi connectivity index (χ3v) is 2.47. The molecule has 0 saturated carbocycles. The minimum atomic E-state index is 0.732. The molecule has 0 aromatic heterocycles. The van der Waals surface area contributed by atoms with Crippen molar-refractivity contribution in [1.29, 1.82) is 0 Å². The molecule has 17 heavy (non-hydrogen) atoms. The Kier molecular flexibility index (Phi) is 4.02. The zero-order chi connectivity index (χ0) is 11.9. The zero-order valence-electron chi connectivity index (χ0n) is 9.23. The molecule has 0 spiro atoms.